The molecule has 1 aliphatic heterocycles. The number of carbonyl (C=O) groups is 3. The van der Waals surface area contributed by atoms with Gasteiger partial charge in [-0.05, 0) is 89.5 Å². The summed E-state index contributed by atoms with van der Waals surface area (Å²) in [5, 5.41) is 9.98. The van der Waals surface area contributed by atoms with Gasteiger partial charge in [0, 0.05) is 10.7 Å². The molecule has 14 heteroatoms. The second-order valence-electron chi connectivity index (χ2n) is 9.74. The molecule has 3 amide bonds. The van der Waals surface area contributed by atoms with Crippen molar-refractivity contribution in [3.8, 4) is 23.0 Å². The van der Waals surface area contributed by atoms with Crippen molar-refractivity contribution in [2.45, 2.75) is 26.5 Å². The molecule has 1 heterocycles. The first-order valence-corrected chi connectivity index (χ1v) is 15.4. The summed E-state index contributed by atoms with van der Waals surface area (Å²) in [7, 11) is 2.98. The molecule has 1 aliphatic rings. The van der Waals surface area contributed by atoms with Crippen LogP contribution < -0.4 is 35.0 Å². The number of esters is 1. The Balaban J connectivity index is 1.37. The van der Waals surface area contributed by atoms with Gasteiger partial charge < -0.3 is 34.3 Å². The average Bonchev–Trinajstić information content (AvgIpc) is 3.02. The van der Waals surface area contributed by atoms with Crippen LogP contribution in [0, 0.1) is 3.57 Å². The summed E-state index contributed by atoms with van der Waals surface area (Å²) >= 11 is 8.21. The number of urea groups is 1. The van der Waals surface area contributed by atoms with Gasteiger partial charge in [-0.3, -0.25) is 4.79 Å². The van der Waals surface area contributed by atoms with E-state index in [0.29, 0.717) is 45.7 Å². The topological polar surface area (TPSA) is 146 Å². The van der Waals surface area contributed by atoms with E-state index in [0.717, 1.165) is 9.13 Å². The van der Waals surface area contributed by atoms with Crippen molar-refractivity contribution < 1.29 is 38.1 Å². The fraction of sp³-hybridized carbons (Fsp3) is 0.250. The van der Waals surface area contributed by atoms with Crippen LogP contribution in [0.4, 0.5) is 4.79 Å². The summed E-state index contributed by atoms with van der Waals surface area (Å²) in [6.45, 7) is 3.45. The van der Waals surface area contributed by atoms with Crippen molar-refractivity contribution in [3.05, 3.63) is 91.2 Å². The lowest BCUT2D eigenvalue weighted by atomic mass is 9.95. The lowest BCUT2D eigenvalue weighted by Crippen LogP contribution is -2.45. The summed E-state index contributed by atoms with van der Waals surface area (Å²) in [5.41, 5.74) is 5.23. The van der Waals surface area contributed by atoms with Crippen molar-refractivity contribution in [3.63, 3.8) is 0 Å². The zero-order valence-corrected chi connectivity index (χ0v) is 28.4. The number of halogens is 2. The quantitative estimate of drug-likeness (QED) is 0.0926. The second kappa shape index (κ2) is 16.2. The largest absolute Gasteiger partial charge is 0.493 e. The van der Waals surface area contributed by atoms with Crippen LogP contribution in [0.5, 0.6) is 23.0 Å². The highest BCUT2D eigenvalue weighted by molar-refractivity contribution is 14.1. The molecule has 0 aliphatic carbocycles. The lowest BCUT2D eigenvalue weighted by molar-refractivity contribution is -0.139. The van der Waals surface area contributed by atoms with Crippen molar-refractivity contribution >= 4 is 58.3 Å². The van der Waals surface area contributed by atoms with Crippen LogP contribution in [0.3, 0.4) is 0 Å². The van der Waals surface area contributed by atoms with Gasteiger partial charge in [0.15, 0.2) is 29.6 Å². The molecule has 0 bridgehead atoms. The van der Waals surface area contributed by atoms with Gasteiger partial charge in [0.25, 0.3) is 5.91 Å². The van der Waals surface area contributed by atoms with Gasteiger partial charge in [0.1, 0.15) is 6.61 Å². The third-order valence-corrected chi connectivity index (χ3v) is 7.61. The minimum atomic E-state index is -0.779. The Labute approximate surface area is 284 Å². The zero-order chi connectivity index (χ0) is 33.2. The molecule has 3 aromatic rings. The number of benzene rings is 3. The highest BCUT2D eigenvalue weighted by atomic mass is 127. The van der Waals surface area contributed by atoms with E-state index < -0.39 is 23.9 Å². The fourth-order valence-corrected chi connectivity index (χ4v) is 5.49. The van der Waals surface area contributed by atoms with Gasteiger partial charge >= 0.3 is 12.0 Å². The van der Waals surface area contributed by atoms with Crippen LogP contribution in [0.15, 0.2) is 71.0 Å². The molecule has 0 spiro atoms. The first kappa shape index (κ1) is 34.4. The van der Waals surface area contributed by atoms with Gasteiger partial charge in [-0.25, -0.2) is 15.0 Å². The molecule has 46 heavy (non-hydrogen) atoms. The molecule has 1 atom stereocenters. The van der Waals surface area contributed by atoms with Gasteiger partial charge in [-0.15, -0.1) is 0 Å². The van der Waals surface area contributed by atoms with Crippen LogP contribution in [-0.2, 0) is 20.9 Å². The van der Waals surface area contributed by atoms with E-state index in [4.69, 9.17) is 35.3 Å². The zero-order valence-electron chi connectivity index (χ0n) is 25.4. The number of nitrogens with zero attached hydrogens (tertiary/aromatic N) is 1. The number of hydrogen-bond donors (Lipinski definition) is 3. The molecular weight excluding hydrogens is 731 g/mol. The van der Waals surface area contributed by atoms with Crippen LogP contribution >= 0.6 is 34.2 Å². The molecule has 0 radical (unpaired) electrons. The van der Waals surface area contributed by atoms with E-state index in [1.165, 1.54) is 20.4 Å². The summed E-state index contributed by atoms with van der Waals surface area (Å²) in [6, 6.07) is 14.6. The Morgan fingerprint density at radius 1 is 1.04 bits per heavy atom. The van der Waals surface area contributed by atoms with Crippen molar-refractivity contribution in [2.75, 3.05) is 27.4 Å². The predicted octanol–water partition coefficient (Wildman–Crippen LogP) is 5.26. The van der Waals surface area contributed by atoms with Crippen molar-refractivity contribution in [1.82, 2.24) is 16.1 Å². The number of carbonyl (C=O) groups excluding carboxylic acids is 3. The van der Waals surface area contributed by atoms with E-state index in [9.17, 15) is 14.4 Å². The molecule has 0 unspecified atom stereocenters. The molecule has 4 rings (SSSR count). The maximum atomic E-state index is 12.6. The maximum Gasteiger partial charge on any atom is 0.338 e. The van der Waals surface area contributed by atoms with Crippen LogP contribution in [0.2, 0.25) is 5.02 Å². The Bertz CT molecular complexity index is 1680. The second-order valence-corrected chi connectivity index (χ2v) is 11.3. The number of nitrogens with one attached hydrogen (secondary N) is 3. The molecule has 3 aromatic carbocycles. The summed E-state index contributed by atoms with van der Waals surface area (Å²) in [5.74, 6) is 0.575. The Morgan fingerprint density at radius 2 is 1.83 bits per heavy atom. The number of ether oxygens (including phenoxy) is 5. The number of hydrogen-bond acceptors (Lipinski definition) is 9. The maximum absolute atomic E-state index is 12.6. The van der Waals surface area contributed by atoms with Crippen LogP contribution in [0.1, 0.15) is 36.6 Å². The first-order valence-electron chi connectivity index (χ1n) is 14.0. The van der Waals surface area contributed by atoms with E-state index in [1.807, 2.05) is 24.3 Å². The molecule has 12 nitrogen and oxygen atoms in total. The van der Waals surface area contributed by atoms with E-state index >= 15 is 0 Å². The van der Waals surface area contributed by atoms with E-state index in [1.54, 1.807) is 44.2 Å². The van der Waals surface area contributed by atoms with Crippen molar-refractivity contribution in [1.29, 1.82) is 0 Å². The summed E-state index contributed by atoms with van der Waals surface area (Å²) in [6.07, 6.45) is 1.47. The number of allylic oxidation sites excluding steroid dienone is 1. The van der Waals surface area contributed by atoms with Crippen LogP contribution in [0.25, 0.3) is 0 Å². The Kier molecular flexibility index (Phi) is 12.1. The van der Waals surface area contributed by atoms with Gasteiger partial charge in [0.05, 0.1) is 42.2 Å². The smallest absolute Gasteiger partial charge is 0.338 e. The fourth-order valence-electron chi connectivity index (χ4n) is 4.50. The minimum Gasteiger partial charge on any atom is -0.493 e. The molecule has 0 fully saturated rings. The van der Waals surface area contributed by atoms with Gasteiger partial charge in [-0.1, -0.05) is 29.8 Å². The molecule has 3 N–H and O–H groups in total. The summed E-state index contributed by atoms with van der Waals surface area (Å²) < 4.78 is 28.6. The number of hydrazone groups is 1. The molecule has 0 saturated carbocycles. The Hall–Kier alpha value is -4.50. The monoisotopic (exact) mass is 762 g/mol. The normalized spacial score (nSPS) is 14.3. The van der Waals surface area contributed by atoms with Crippen molar-refractivity contribution in [2.24, 2.45) is 5.10 Å². The average molecular weight is 763 g/mol. The van der Waals surface area contributed by atoms with E-state index in [-0.39, 0.29) is 24.5 Å². The third-order valence-electron chi connectivity index (χ3n) is 6.57. The van der Waals surface area contributed by atoms with Crippen LogP contribution in [-0.4, -0.2) is 51.6 Å². The Morgan fingerprint density at radius 3 is 2.54 bits per heavy atom. The number of methoxy groups -OCH3 is 2. The van der Waals surface area contributed by atoms with E-state index in [2.05, 4.69) is 43.8 Å². The number of rotatable bonds is 13. The standard InChI is InChI=1S/C32H32ClIN4O8/c1-5-44-31(40)28-18(2)36-32(41)37-29(28)21-9-10-24(25(14-21)42-3)45-17-27(39)38-35-15-20-12-23(34)30(26(13-20)43-4)46-16-19-7-6-8-22(33)11-19/h6-15,29H,5,16-17H2,1-4H3,(H,38,39)(H2,36,37,41)/b35-15+/t29-/m1/s1. The molecule has 242 valence electrons. The summed E-state index contributed by atoms with van der Waals surface area (Å²) in [4.78, 5) is 37.3. The molecule has 0 saturated heterocycles. The SMILES string of the molecule is CCOC(=O)C1=C(C)NC(=O)N[C@@H]1c1ccc(OCC(=O)N/N=C/c2cc(I)c(OCc3cccc(Cl)c3)c(OC)c2)c(OC)c1. The highest BCUT2D eigenvalue weighted by Crippen LogP contribution is 2.36. The first-order chi connectivity index (χ1) is 22.1. The lowest BCUT2D eigenvalue weighted by Gasteiger charge is -2.28. The highest BCUT2D eigenvalue weighted by Gasteiger charge is 2.32. The minimum absolute atomic E-state index is 0.179. The number of amides is 3. The predicted molar refractivity (Wildman–Crippen MR) is 179 cm³/mol. The van der Waals surface area contributed by atoms with Gasteiger partial charge in [-0.2, -0.15) is 5.10 Å². The molecule has 0 aromatic heterocycles. The van der Waals surface area contributed by atoms with Gasteiger partial charge in [0.2, 0.25) is 0 Å². The third kappa shape index (κ3) is 8.81. The molecular formula is C32H32ClIN4O8.